The first-order valence-electron chi connectivity index (χ1n) is 6.60. The molecule has 1 aliphatic heterocycles. The predicted octanol–water partition coefficient (Wildman–Crippen LogP) is 2.65. The zero-order chi connectivity index (χ0) is 14.0. The van der Waals surface area contributed by atoms with Gasteiger partial charge >= 0.3 is 0 Å². The van der Waals surface area contributed by atoms with Crippen molar-refractivity contribution in [2.45, 2.75) is 20.3 Å². The molecule has 0 aliphatic carbocycles. The van der Waals surface area contributed by atoms with Gasteiger partial charge in [0.2, 0.25) is 0 Å². The van der Waals surface area contributed by atoms with E-state index in [0.717, 1.165) is 13.0 Å². The van der Waals surface area contributed by atoms with Crippen LogP contribution in [0.4, 0.5) is 4.39 Å². The third kappa shape index (κ3) is 2.37. The molecule has 1 aromatic rings. The minimum absolute atomic E-state index is 0.0242. The molecule has 1 aliphatic rings. The summed E-state index contributed by atoms with van der Waals surface area (Å²) < 4.78 is 18.6. The van der Waals surface area contributed by atoms with E-state index >= 15 is 0 Å². The number of rotatable bonds is 4. The summed E-state index contributed by atoms with van der Waals surface area (Å²) in [5, 5.41) is 3.24. The Labute approximate surface area is 113 Å². The zero-order valence-corrected chi connectivity index (χ0v) is 11.6. The van der Waals surface area contributed by atoms with Gasteiger partial charge in [0.25, 0.3) is 0 Å². The van der Waals surface area contributed by atoms with E-state index in [1.807, 2.05) is 13.8 Å². The van der Waals surface area contributed by atoms with Gasteiger partial charge in [-0.25, -0.2) is 4.39 Å². The molecule has 1 aromatic carbocycles. The molecule has 0 bridgehead atoms. The molecule has 3 nitrogen and oxygen atoms in total. The van der Waals surface area contributed by atoms with E-state index in [1.165, 1.54) is 25.3 Å². The maximum atomic E-state index is 13.4. The van der Waals surface area contributed by atoms with E-state index in [1.54, 1.807) is 0 Å². The van der Waals surface area contributed by atoms with Crippen LogP contribution in [0.1, 0.15) is 30.6 Å². The highest BCUT2D eigenvalue weighted by atomic mass is 19.1. The normalized spacial score (nSPS) is 22.8. The fraction of sp³-hybridized carbons (Fsp3) is 0.533. The molecule has 2 rings (SSSR count). The topological polar surface area (TPSA) is 38.3 Å². The van der Waals surface area contributed by atoms with Crippen molar-refractivity contribution in [3.63, 3.8) is 0 Å². The van der Waals surface area contributed by atoms with E-state index in [0.29, 0.717) is 17.9 Å². The second kappa shape index (κ2) is 5.29. The number of ether oxygens (including phenoxy) is 1. The molecule has 104 valence electrons. The summed E-state index contributed by atoms with van der Waals surface area (Å²) in [6, 6.07) is 4.10. The smallest absolute Gasteiger partial charge is 0.174 e. The molecular weight excluding hydrogens is 245 g/mol. The standard InChI is InChI=1S/C15H20FNO2/c1-10(2)15(6-7-17-9-15)14(18)12-8-11(16)4-5-13(12)19-3/h4-5,8,10,17H,6-7,9H2,1-3H3. The van der Waals surface area contributed by atoms with Crippen LogP contribution < -0.4 is 10.1 Å². The number of ketones is 1. The van der Waals surface area contributed by atoms with Gasteiger partial charge in [-0.15, -0.1) is 0 Å². The molecule has 1 heterocycles. The highest BCUT2D eigenvalue weighted by Gasteiger charge is 2.44. The van der Waals surface area contributed by atoms with Crippen LogP contribution in [0, 0.1) is 17.2 Å². The zero-order valence-electron chi connectivity index (χ0n) is 11.6. The molecular formula is C15H20FNO2. The third-order valence-corrected chi connectivity index (χ3v) is 4.15. The first kappa shape index (κ1) is 14.0. The van der Waals surface area contributed by atoms with Crippen LogP contribution in [0.3, 0.4) is 0 Å². The number of carbonyl (C=O) groups excluding carboxylic acids is 1. The van der Waals surface area contributed by atoms with Crippen molar-refractivity contribution in [1.82, 2.24) is 5.32 Å². The number of methoxy groups -OCH3 is 1. The Morgan fingerprint density at radius 1 is 1.47 bits per heavy atom. The van der Waals surface area contributed by atoms with Crippen molar-refractivity contribution < 1.29 is 13.9 Å². The number of Topliss-reactive ketones (excluding diaryl/α,β-unsaturated/α-hetero) is 1. The minimum Gasteiger partial charge on any atom is -0.496 e. The average Bonchev–Trinajstić information content (AvgIpc) is 2.88. The molecule has 0 saturated carbocycles. The van der Waals surface area contributed by atoms with E-state index < -0.39 is 11.2 Å². The number of nitrogens with one attached hydrogen (secondary N) is 1. The summed E-state index contributed by atoms with van der Waals surface area (Å²) in [6.45, 7) is 5.54. The number of hydrogen-bond acceptors (Lipinski definition) is 3. The Morgan fingerprint density at radius 3 is 2.74 bits per heavy atom. The average molecular weight is 265 g/mol. The Bertz CT molecular complexity index is 479. The SMILES string of the molecule is COc1ccc(F)cc1C(=O)C1(C(C)C)CCNC1. The molecule has 1 unspecified atom stereocenters. The second-order valence-electron chi connectivity index (χ2n) is 5.41. The van der Waals surface area contributed by atoms with Crippen molar-refractivity contribution in [2.24, 2.45) is 11.3 Å². The fourth-order valence-electron chi connectivity index (χ4n) is 2.79. The van der Waals surface area contributed by atoms with Gasteiger partial charge in [0, 0.05) is 12.0 Å². The highest BCUT2D eigenvalue weighted by Crippen LogP contribution is 2.39. The van der Waals surface area contributed by atoms with Crippen molar-refractivity contribution >= 4 is 5.78 Å². The van der Waals surface area contributed by atoms with Crippen LogP contribution in [0.2, 0.25) is 0 Å². The Balaban J connectivity index is 2.45. The van der Waals surface area contributed by atoms with Gasteiger partial charge in [-0.3, -0.25) is 4.79 Å². The first-order chi connectivity index (χ1) is 9.01. The van der Waals surface area contributed by atoms with Crippen LogP contribution >= 0.6 is 0 Å². The van der Waals surface area contributed by atoms with Gasteiger partial charge in [-0.05, 0) is 37.1 Å². The van der Waals surface area contributed by atoms with Crippen molar-refractivity contribution in [3.8, 4) is 5.75 Å². The van der Waals surface area contributed by atoms with E-state index in [-0.39, 0.29) is 11.7 Å². The molecule has 0 amide bonds. The lowest BCUT2D eigenvalue weighted by molar-refractivity contribution is 0.0736. The fourth-order valence-corrected chi connectivity index (χ4v) is 2.79. The number of halogens is 1. The van der Waals surface area contributed by atoms with Gasteiger partial charge in [0.05, 0.1) is 12.7 Å². The monoisotopic (exact) mass is 265 g/mol. The van der Waals surface area contributed by atoms with Crippen LogP contribution in [-0.2, 0) is 0 Å². The maximum Gasteiger partial charge on any atom is 0.174 e. The summed E-state index contributed by atoms with van der Waals surface area (Å²) >= 11 is 0. The van der Waals surface area contributed by atoms with Gasteiger partial charge in [0.1, 0.15) is 11.6 Å². The van der Waals surface area contributed by atoms with E-state index in [9.17, 15) is 9.18 Å². The maximum absolute atomic E-state index is 13.4. The second-order valence-corrected chi connectivity index (χ2v) is 5.41. The van der Waals surface area contributed by atoms with Crippen molar-refractivity contribution in [3.05, 3.63) is 29.6 Å². The quantitative estimate of drug-likeness (QED) is 0.851. The number of carbonyl (C=O) groups is 1. The lowest BCUT2D eigenvalue weighted by atomic mass is 9.71. The van der Waals surface area contributed by atoms with Crippen molar-refractivity contribution in [1.29, 1.82) is 0 Å². The number of benzene rings is 1. The molecule has 0 spiro atoms. The third-order valence-electron chi connectivity index (χ3n) is 4.15. The lowest BCUT2D eigenvalue weighted by Crippen LogP contribution is -2.38. The van der Waals surface area contributed by atoms with Crippen LogP contribution in [0.25, 0.3) is 0 Å². The molecule has 1 N–H and O–H groups in total. The van der Waals surface area contributed by atoms with Gasteiger partial charge in [-0.1, -0.05) is 13.8 Å². The minimum atomic E-state index is -0.457. The summed E-state index contributed by atoms with van der Waals surface area (Å²) in [7, 11) is 1.50. The molecule has 1 saturated heterocycles. The molecule has 4 heteroatoms. The summed E-state index contributed by atoms with van der Waals surface area (Å²) in [6.07, 6.45) is 0.781. The summed E-state index contributed by atoms with van der Waals surface area (Å²) in [4.78, 5) is 12.9. The molecule has 1 fully saturated rings. The van der Waals surface area contributed by atoms with Crippen molar-refractivity contribution in [2.75, 3.05) is 20.2 Å². The Hall–Kier alpha value is -1.42. The summed E-state index contributed by atoms with van der Waals surface area (Å²) in [5.74, 6) is 0.208. The lowest BCUT2D eigenvalue weighted by Gasteiger charge is -2.31. The first-order valence-corrected chi connectivity index (χ1v) is 6.60. The van der Waals surface area contributed by atoms with Gasteiger partial charge in [0.15, 0.2) is 5.78 Å². The molecule has 19 heavy (non-hydrogen) atoms. The predicted molar refractivity (Wildman–Crippen MR) is 72.0 cm³/mol. The Kier molecular flexibility index (Phi) is 3.90. The largest absolute Gasteiger partial charge is 0.496 e. The highest BCUT2D eigenvalue weighted by molar-refractivity contribution is 6.03. The van der Waals surface area contributed by atoms with Crippen LogP contribution in [0.15, 0.2) is 18.2 Å². The van der Waals surface area contributed by atoms with Crippen LogP contribution in [0.5, 0.6) is 5.75 Å². The number of hydrogen-bond donors (Lipinski definition) is 1. The van der Waals surface area contributed by atoms with E-state index in [2.05, 4.69) is 5.32 Å². The molecule has 1 atom stereocenters. The van der Waals surface area contributed by atoms with Gasteiger partial charge < -0.3 is 10.1 Å². The summed E-state index contributed by atoms with van der Waals surface area (Å²) in [5.41, 5.74) is -0.110. The van der Waals surface area contributed by atoms with Gasteiger partial charge in [-0.2, -0.15) is 0 Å². The van der Waals surface area contributed by atoms with E-state index in [4.69, 9.17) is 4.74 Å². The Morgan fingerprint density at radius 2 is 2.21 bits per heavy atom. The molecule has 0 radical (unpaired) electrons. The van der Waals surface area contributed by atoms with Crippen LogP contribution in [-0.4, -0.2) is 26.0 Å². The molecule has 0 aromatic heterocycles.